The van der Waals surface area contributed by atoms with Gasteiger partial charge in [-0.1, -0.05) is 17.3 Å². The van der Waals surface area contributed by atoms with Crippen LogP contribution in [0.3, 0.4) is 0 Å². The molecule has 0 spiro atoms. The lowest BCUT2D eigenvalue weighted by Crippen LogP contribution is -1.78. The van der Waals surface area contributed by atoms with Gasteiger partial charge in [-0.3, -0.25) is 0 Å². The van der Waals surface area contributed by atoms with Gasteiger partial charge in [0, 0.05) is 17.0 Å². The van der Waals surface area contributed by atoms with Gasteiger partial charge in [0.15, 0.2) is 0 Å². The maximum absolute atomic E-state index is 5.64. The molecule has 0 bridgehead atoms. The smallest absolute Gasteiger partial charge is 0.222 e. The van der Waals surface area contributed by atoms with Gasteiger partial charge in [0.1, 0.15) is 17.0 Å². The number of aromatic nitrogens is 1. The van der Waals surface area contributed by atoms with Gasteiger partial charge >= 0.3 is 0 Å². The van der Waals surface area contributed by atoms with E-state index in [4.69, 9.17) is 14.7 Å². The van der Waals surface area contributed by atoms with Crippen molar-refractivity contribution in [3.63, 3.8) is 0 Å². The number of para-hydroxylation sites is 1. The van der Waals surface area contributed by atoms with E-state index < -0.39 is 0 Å². The van der Waals surface area contributed by atoms with Gasteiger partial charge in [-0.15, -0.1) is 0 Å². The van der Waals surface area contributed by atoms with E-state index in [1.807, 2.05) is 31.2 Å². The van der Waals surface area contributed by atoms with Crippen molar-refractivity contribution in [2.24, 2.45) is 0 Å². The van der Waals surface area contributed by atoms with Gasteiger partial charge in [-0.2, -0.15) is 0 Å². The summed E-state index contributed by atoms with van der Waals surface area (Å²) in [5, 5.41) is 4.94. The van der Waals surface area contributed by atoms with Gasteiger partial charge in [0.25, 0.3) is 0 Å². The topological polar surface area (TPSA) is 65.2 Å². The quantitative estimate of drug-likeness (QED) is 0.676. The molecule has 3 rings (SSSR count). The Morgan fingerprint density at radius 3 is 2.88 bits per heavy atom. The molecule has 0 saturated heterocycles. The summed E-state index contributed by atoms with van der Waals surface area (Å²) in [6.07, 6.45) is 0. The SMILES string of the molecule is Cc1cc2cccc(-c3cc(N)on3)c2o1. The molecule has 0 aliphatic rings. The third kappa shape index (κ3) is 1.27. The highest BCUT2D eigenvalue weighted by Gasteiger charge is 2.11. The van der Waals surface area contributed by atoms with Crippen LogP contribution in [0.5, 0.6) is 0 Å². The molecule has 1 aromatic carbocycles. The van der Waals surface area contributed by atoms with Crippen LogP contribution in [-0.4, -0.2) is 5.16 Å². The summed E-state index contributed by atoms with van der Waals surface area (Å²) in [6.45, 7) is 1.92. The fourth-order valence-corrected chi connectivity index (χ4v) is 1.81. The zero-order valence-corrected chi connectivity index (χ0v) is 8.73. The Kier molecular flexibility index (Phi) is 1.77. The molecule has 2 heterocycles. The van der Waals surface area contributed by atoms with Crippen LogP contribution in [0.4, 0.5) is 5.88 Å². The van der Waals surface area contributed by atoms with E-state index >= 15 is 0 Å². The number of hydrogen-bond acceptors (Lipinski definition) is 4. The summed E-state index contributed by atoms with van der Waals surface area (Å²) in [5.74, 6) is 1.18. The predicted molar refractivity (Wildman–Crippen MR) is 60.9 cm³/mol. The molecule has 0 amide bonds. The summed E-state index contributed by atoms with van der Waals surface area (Å²) >= 11 is 0. The Labute approximate surface area is 91.6 Å². The largest absolute Gasteiger partial charge is 0.461 e. The number of anilines is 1. The van der Waals surface area contributed by atoms with E-state index in [1.54, 1.807) is 6.07 Å². The van der Waals surface area contributed by atoms with Crippen molar-refractivity contribution < 1.29 is 8.94 Å². The minimum Gasteiger partial charge on any atom is -0.461 e. The van der Waals surface area contributed by atoms with Crippen LogP contribution in [-0.2, 0) is 0 Å². The summed E-state index contributed by atoms with van der Waals surface area (Å²) in [4.78, 5) is 0. The monoisotopic (exact) mass is 214 g/mol. The average Bonchev–Trinajstić information content (AvgIpc) is 2.82. The number of nitrogen functional groups attached to an aromatic ring is 1. The second-order valence-corrected chi connectivity index (χ2v) is 3.70. The zero-order chi connectivity index (χ0) is 11.1. The van der Waals surface area contributed by atoms with Crippen LogP contribution in [0.1, 0.15) is 5.76 Å². The molecule has 16 heavy (non-hydrogen) atoms. The maximum atomic E-state index is 5.64. The van der Waals surface area contributed by atoms with Crippen LogP contribution >= 0.6 is 0 Å². The average molecular weight is 214 g/mol. The molecule has 3 aromatic rings. The van der Waals surface area contributed by atoms with Crippen molar-refractivity contribution in [3.05, 3.63) is 36.1 Å². The van der Waals surface area contributed by atoms with E-state index in [2.05, 4.69) is 5.16 Å². The number of aryl methyl sites for hydroxylation is 1. The molecule has 0 fully saturated rings. The molecule has 0 saturated carbocycles. The summed E-state index contributed by atoms with van der Waals surface area (Å²) < 4.78 is 10.5. The summed E-state index contributed by atoms with van der Waals surface area (Å²) in [7, 11) is 0. The minimum absolute atomic E-state index is 0.301. The molecule has 4 nitrogen and oxygen atoms in total. The van der Waals surface area contributed by atoms with Crippen molar-refractivity contribution >= 4 is 16.9 Å². The van der Waals surface area contributed by atoms with Crippen molar-refractivity contribution in [2.45, 2.75) is 6.92 Å². The second-order valence-electron chi connectivity index (χ2n) is 3.70. The summed E-state index contributed by atoms with van der Waals surface area (Å²) in [6, 6.07) is 9.56. The van der Waals surface area contributed by atoms with Crippen LogP contribution in [0, 0.1) is 6.92 Å². The number of fused-ring (bicyclic) bond motifs is 1. The Balaban J connectivity index is 2.30. The van der Waals surface area contributed by atoms with Crippen molar-refractivity contribution in [2.75, 3.05) is 5.73 Å². The number of furan rings is 1. The van der Waals surface area contributed by atoms with Crippen molar-refractivity contribution in [1.29, 1.82) is 0 Å². The number of nitrogens with zero attached hydrogens (tertiary/aromatic N) is 1. The third-order valence-electron chi connectivity index (χ3n) is 2.47. The van der Waals surface area contributed by atoms with E-state index in [0.717, 1.165) is 22.3 Å². The molecule has 2 aromatic heterocycles. The predicted octanol–water partition coefficient (Wildman–Crippen LogP) is 2.98. The van der Waals surface area contributed by atoms with Crippen LogP contribution < -0.4 is 5.73 Å². The minimum atomic E-state index is 0.301. The first-order valence-electron chi connectivity index (χ1n) is 4.96. The van der Waals surface area contributed by atoms with E-state index in [-0.39, 0.29) is 0 Å². The molecule has 4 heteroatoms. The molecule has 0 aliphatic heterocycles. The third-order valence-corrected chi connectivity index (χ3v) is 2.47. The molecule has 2 N–H and O–H groups in total. The first kappa shape index (κ1) is 9.03. The first-order chi connectivity index (χ1) is 7.74. The first-order valence-corrected chi connectivity index (χ1v) is 4.96. The highest BCUT2D eigenvalue weighted by Crippen LogP contribution is 2.30. The lowest BCUT2D eigenvalue weighted by Gasteiger charge is -1.95. The Morgan fingerprint density at radius 1 is 1.25 bits per heavy atom. The second kappa shape index (κ2) is 3.13. The van der Waals surface area contributed by atoms with Crippen molar-refractivity contribution in [3.8, 4) is 11.3 Å². The Hall–Kier alpha value is -2.23. The van der Waals surface area contributed by atoms with Gasteiger partial charge in [-0.05, 0) is 19.1 Å². The highest BCUT2D eigenvalue weighted by atomic mass is 16.5. The van der Waals surface area contributed by atoms with Crippen LogP contribution in [0.2, 0.25) is 0 Å². The number of rotatable bonds is 1. The lowest BCUT2D eigenvalue weighted by atomic mass is 10.1. The van der Waals surface area contributed by atoms with Crippen LogP contribution in [0.15, 0.2) is 39.3 Å². The molecule has 0 aliphatic carbocycles. The number of hydrogen-bond donors (Lipinski definition) is 1. The molecule has 0 radical (unpaired) electrons. The number of benzene rings is 1. The van der Waals surface area contributed by atoms with Gasteiger partial charge in [0.05, 0.1) is 0 Å². The Bertz CT molecular complexity index is 652. The summed E-state index contributed by atoms with van der Waals surface area (Å²) in [5.41, 5.74) is 7.91. The van der Waals surface area contributed by atoms with Gasteiger partial charge < -0.3 is 14.7 Å². The van der Waals surface area contributed by atoms with E-state index in [1.165, 1.54) is 0 Å². The Morgan fingerprint density at radius 2 is 2.12 bits per heavy atom. The van der Waals surface area contributed by atoms with E-state index in [9.17, 15) is 0 Å². The van der Waals surface area contributed by atoms with Gasteiger partial charge in [0.2, 0.25) is 5.88 Å². The molecule has 0 atom stereocenters. The molecule has 0 unspecified atom stereocenters. The normalized spacial score (nSPS) is 11.1. The fraction of sp³-hybridized carbons (Fsp3) is 0.0833. The van der Waals surface area contributed by atoms with E-state index in [0.29, 0.717) is 11.6 Å². The lowest BCUT2D eigenvalue weighted by molar-refractivity contribution is 0.439. The molecular weight excluding hydrogens is 204 g/mol. The molecular formula is C12H10N2O2. The van der Waals surface area contributed by atoms with Gasteiger partial charge in [-0.25, -0.2) is 0 Å². The van der Waals surface area contributed by atoms with Crippen LogP contribution in [0.25, 0.3) is 22.2 Å². The molecule has 80 valence electrons. The maximum Gasteiger partial charge on any atom is 0.222 e. The standard InChI is InChI=1S/C12H10N2O2/c1-7-5-8-3-2-4-9(12(8)15-7)10-6-11(13)16-14-10/h2-6H,13H2,1H3. The highest BCUT2D eigenvalue weighted by molar-refractivity contribution is 5.92. The fourth-order valence-electron chi connectivity index (χ4n) is 1.81. The zero-order valence-electron chi connectivity index (χ0n) is 8.73. The van der Waals surface area contributed by atoms with Crippen molar-refractivity contribution in [1.82, 2.24) is 5.16 Å². The number of nitrogens with two attached hydrogens (primary N) is 1.